The summed E-state index contributed by atoms with van der Waals surface area (Å²) in [6.07, 6.45) is 2.31. The van der Waals surface area contributed by atoms with Crippen LogP contribution in [0.2, 0.25) is 0 Å². The maximum Gasteiger partial charge on any atom is 0.251 e. The van der Waals surface area contributed by atoms with Gasteiger partial charge in [0.05, 0.1) is 10.6 Å². The van der Waals surface area contributed by atoms with Gasteiger partial charge in [-0.05, 0) is 41.8 Å². The van der Waals surface area contributed by atoms with Crippen molar-refractivity contribution in [3.8, 4) is 10.7 Å². The Kier molecular flexibility index (Phi) is 2.67. The van der Waals surface area contributed by atoms with Crippen LogP contribution < -0.4 is 5.56 Å². The largest absolute Gasteiger partial charge is 0.306 e. The predicted molar refractivity (Wildman–Crippen MR) is 72.6 cm³/mol. The van der Waals surface area contributed by atoms with Crippen molar-refractivity contribution in [1.82, 2.24) is 9.97 Å². The van der Waals surface area contributed by atoms with E-state index >= 15 is 0 Å². The summed E-state index contributed by atoms with van der Waals surface area (Å²) in [5.41, 5.74) is 0.880. The summed E-state index contributed by atoms with van der Waals surface area (Å²) in [7, 11) is 0. The Bertz CT molecular complexity index is 608. The summed E-state index contributed by atoms with van der Waals surface area (Å²) < 4.78 is 1.07. The van der Waals surface area contributed by atoms with E-state index in [1.54, 1.807) is 17.4 Å². The third-order valence-electron chi connectivity index (χ3n) is 2.85. The molecule has 1 saturated carbocycles. The van der Waals surface area contributed by atoms with Crippen LogP contribution in [0.1, 0.15) is 29.3 Å². The smallest absolute Gasteiger partial charge is 0.251 e. The van der Waals surface area contributed by atoms with E-state index in [2.05, 4.69) is 25.9 Å². The Balaban J connectivity index is 2.10. The highest BCUT2D eigenvalue weighted by Gasteiger charge is 2.26. The van der Waals surface area contributed by atoms with Crippen molar-refractivity contribution in [1.29, 1.82) is 0 Å². The van der Waals surface area contributed by atoms with E-state index in [0.717, 1.165) is 27.9 Å². The van der Waals surface area contributed by atoms with Gasteiger partial charge in [0.15, 0.2) is 5.82 Å². The maximum absolute atomic E-state index is 11.6. The molecule has 3 nitrogen and oxygen atoms in total. The van der Waals surface area contributed by atoms with Gasteiger partial charge in [-0.2, -0.15) is 0 Å². The average Bonchev–Trinajstić information content (AvgIpc) is 3.06. The highest BCUT2D eigenvalue weighted by Crippen LogP contribution is 2.39. The van der Waals surface area contributed by atoms with Gasteiger partial charge >= 0.3 is 0 Å². The zero-order chi connectivity index (χ0) is 12.0. The lowest BCUT2D eigenvalue weighted by Gasteiger charge is -2.00. The first-order valence-electron chi connectivity index (χ1n) is 5.51. The normalized spacial score (nSPS) is 15.2. The van der Waals surface area contributed by atoms with Crippen molar-refractivity contribution in [2.75, 3.05) is 0 Å². The molecule has 1 N–H and O–H groups in total. The van der Waals surface area contributed by atoms with Crippen LogP contribution in [0.4, 0.5) is 0 Å². The second-order valence-electron chi connectivity index (χ2n) is 4.31. The molecule has 1 fully saturated rings. The Labute approximate surface area is 111 Å². The van der Waals surface area contributed by atoms with E-state index in [9.17, 15) is 4.79 Å². The number of H-pyrrole nitrogens is 1. The van der Waals surface area contributed by atoms with Gasteiger partial charge in [0.1, 0.15) is 0 Å². The molecule has 0 aromatic carbocycles. The number of hydrogen-bond donors (Lipinski definition) is 1. The molecular formula is C12H11BrN2OS. The number of nitrogens with zero attached hydrogens (tertiary/aromatic N) is 1. The van der Waals surface area contributed by atoms with Gasteiger partial charge in [-0.25, -0.2) is 4.98 Å². The second-order valence-corrected chi connectivity index (χ2v) is 6.42. The molecule has 0 atom stereocenters. The minimum Gasteiger partial charge on any atom is -0.306 e. The van der Waals surface area contributed by atoms with Crippen LogP contribution in [0.15, 0.2) is 21.4 Å². The number of thiophene rings is 1. The quantitative estimate of drug-likeness (QED) is 0.923. The van der Waals surface area contributed by atoms with Gasteiger partial charge in [-0.1, -0.05) is 0 Å². The highest BCUT2D eigenvalue weighted by molar-refractivity contribution is 9.10. The summed E-state index contributed by atoms with van der Waals surface area (Å²) in [6, 6.07) is 3.63. The van der Waals surface area contributed by atoms with E-state index in [-0.39, 0.29) is 5.56 Å². The fourth-order valence-corrected chi connectivity index (χ4v) is 3.24. The van der Waals surface area contributed by atoms with Gasteiger partial charge in [0, 0.05) is 21.3 Å². The predicted octanol–water partition coefficient (Wildman–Crippen LogP) is 3.45. The molecule has 5 heteroatoms. The Morgan fingerprint density at radius 2 is 2.24 bits per heavy atom. The highest BCUT2D eigenvalue weighted by atomic mass is 79.9. The molecule has 88 valence electrons. The van der Waals surface area contributed by atoms with E-state index in [0.29, 0.717) is 11.7 Å². The molecular weight excluding hydrogens is 300 g/mol. The van der Waals surface area contributed by atoms with Gasteiger partial charge in [0.25, 0.3) is 5.56 Å². The third-order valence-corrected chi connectivity index (χ3v) is 4.99. The van der Waals surface area contributed by atoms with E-state index in [1.807, 2.05) is 13.0 Å². The molecule has 1 aliphatic carbocycles. The molecule has 2 heterocycles. The fraction of sp³-hybridized carbons (Fsp3) is 0.333. The minimum absolute atomic E-state index is 0.0564. The van der Waals surface area contributed by atoms with E-state index in [1.165, 1.54) is 4.88 Å². The topological polar surface area (TPSA) is 45.8 Å². The number of aryl methyl sites for hydroxylation is 1. The standard InChI is InChI=1S/C12H11BrN2OS/c1-6-8(13)4-10(17-6)12-14-9(7-2-3-7)5-11(16)15-12/h4-5,7H,2-3H2,1H3,(H,14,15,16). The lowest BCUT2D eigenvalue weighted by atomic mass is 10.3. The van der Waals surface area contributed by atoms with Gasteiger partial charge in [-0.3, -0.25) is 4.79 Å². The summed E-state index contributed by atoms with van der Waals surface area (Å²) in [4.78, 5) is 21.2. The number of aromatic nitrogens is 2. The Morgan fingerprint density at radius 1 is 1.47 bits per heavy atom. The van der Waals surface area contributed by atoms with Crippen LogP contribution in [0.5, 0.6) is 0 Å². The van der Waals surface area contributed by atoms with Crippen LogP contribution in [0, 0.1) is 6.92 Å². The van der Waals surface area contributed by atoms with Crippen LogP contribution in [-0.2, 0) is 0 Å². The van der Waals surface area contributed by atoms with Crippen molar-refractivity contribution in [3.63, 3.8) is 0 Å². The molecule has 0 radical (unpaired) electrons. The van der Waals surface area contributed by atoms with Crippen LogP contribution in [0.25, 0.3) is 10.7 Å². The molecule has 0 spiro atoms. The van der Waals surface area contributed by atoms with Gasteiger partial charge < -0.3 is 4.98 Å². The molecule has 0 amide bonds. The van der Waals surface area contributed by atoms with Gasteiger partial charge in [-0.15, -0.1) is 11.3 Å². The monoisotopic (exact) mass is 310 g/mol. The number of nitrogens with one attached hydrogen (secondary N) is 1. The number of rotatable bonds is 2. The molecule has 0 unspecified atom stereocenters. The van der Waals surface area contributed by atoms with Gasteiger partial charge in [0.2, 0.25) is 0 Å². The molecule has 1 aliphatic rings. The SMILES string of the molecule is Cc1sc(-c2nc(C3CC3)cc(=O)[nH]2)cc1Br. The molecule has 17 heavy (non-hydrogen) atoms. The number of aromatic amines is 1. The first-order chi connectivity index (χ1) is 8.13. The van der Waals surface area contributed by atoms with E-state index in [4.69, 9.17) is 0 Å². The lowest BCUT2D eigenvalue weighted by molar-refractivity contribution is 0.979. The second kappa shape index (κ2) is 4.07. The van der Waals surface area contributed by atoms with Crippen molar-refractivity contribution in [2.45, 2.75) is 25.7 Å². The summed E-state index contributed by atoms with van der Waals surface area (Å²) in [5.74, 6) is 1.19. The van der Waals surface area contributed by atoms with Crippen molar-refractivity contribution in [2.24, 2.45) is 0 Å². The molecule has 2 aromatic rings. The summed E-state index contributed by atoms with van der Waals surface area (Å²) in [5, 5.41) is 0. The van der Waals surface area contributed by atoms with Crippen molar-refractivity contribution in [3.05, 3.63) is 37.5 Å². The first kappa shape index (κ1) is 11.2. The number of halogens is 1. The maximum atomic E-state index is 11.6. The fourth-order valence-electron chi connectivity index (χ4n) is 1.76. The minimum atomic E-state index is -0.0564. The van der Waals surface area contributed by atoms with Crippen molar-refractivity contribution < 1.29 is 0 Å². The summed E-state index contributed by atoms with van der Waals surface area (Å²) >= 11 is 5.12. The lowest BCUT2D eigenvalue weighted by Crippen LogP contribution is -2.09. The van der Waals surface area contributed by atoms with Crippen LogP contribution in [0.3, 0.4) is 0 Å². The van der Waals surface area contributed by atoms with Crippen molar-refractivity contribution >= 4 is 27.3 Å². The van der Waals surface area contributed by atoms with E-state index < -0.39 is 0 Å². The third kappa shape index (κ3) is 2.21. The zero-order valence-electron chi connectivity index (χ0n) is 9.29. The zero-order valence-corrected chi connectivity index (χ0v) is 11.7. The Morgan fingerprint density at radius 3 is 2.82 bits per heavy atom. The number of hydrogen-bond acceptors (Lipinski definition) is 3. The molecule has 2 aromatic heterocycles. The van der Waals surface area contributed by atoms with Crippen LogP contribution >= 0.6 is 27.3 Å². The molecule has 0 bridgehead atoms. The summed E-state index contributed by atoms with van der Waals surface area (Å²) in [6.45, 7) is 2.04. The average molecular weight is 311 g/mol. The first-order valence-corrected chi connectivity index (χ1v) is 7.12. The molecule has 0 saturated heterocycles. The Hall–Kier alpha value is -0.940. The molecule has 0 aliphatic heterocycles. The molecule has 3 rings (SSSR count). The van der Waals surface area contributed by atoms with Crippen LogP contribution in [-0.4, -0.2) is 9.97 Å².